The van der Waals surface area contributed by atoms with Gasteiger partial charge in [-0.3, -0.25) is 0 Å². The van der Waals surface area contributed by atoms with E-state index in [0.717, 1.165) is 11.4 Å². The molecule has 8 heteroatoms. The van der Waals surface area contributed by atoms with Crippen molar-refractivity contribution in [1.82, 2.24) is 4.31 Å². The van der Waals surface area contributed by atoms with Crippen LogP contribution in [-0.2, 0) is 10.0 Å². The molecular weight excluding hydrogens is 356 g/mol. The molecule has 0 saturated carbocycles. The van der Waals surface area contributed by atoms with E-state index in [9.17, 15) is 13.2 Å². The fourth-order valence-electron chi connectivity index (χ4n) is 2.98. The van der Waals surface area contributed by atoms with Crippen molar-refractivity contribution in [2.75, 3.05) is 38.2 Å². The maximum atomic E-state index is 12.8. The van der Waals surface area contributed by atoms with E-state index in [1.807, 2.05) is 24.3 Å². The van der Waals surface area contributed by atoms with E-state index in [2.05, 4.69) is 4.90 Å². The molecule has 1 fully saturated rings. The molecule has 0 spiro atoms. The number of sulfonamides is 1. The SMILES string of the molecule is COc1ccccc1N1CCN(S(=O)(=O)c2ccc(C(=O)O)cc2)CC1. The number of benzene rings is 2. The van der Waals surface area contributed by atoms with Gasteiger partial charge in [-0.25, -0.2) is 13.2 Å². The summed E-state index contributed by atoms with van der Waals surface area (Å²) in [6.07, 6.45) is 0. The van der Waals surface area contributed by atoms with E-state index in [1.54, 1.807) is 7.11 Å². The van der Waals surface area contributed by atoms with Crippen LogP contribution in [0.25, 0.3) is 0 Å². The Morgan fingerprint density at radius 3 is 2.19 bits per heavy atom. The van der Waals surface area contributed by atoms with Crippen molar-refractivity contribution in [2.24, 2.45) is 0 Å². The Balaban J connectivity index is 1.73. The Hall–Kier alpha value is -2.58. The molecule has 1 heterocycles. The van der Waals surface area contributed by atoms with E-state index in [0.29, 0.717) is 26.2 Å². The summed E-state index contributed by atoms with van der Waals surface area (Å²) in [4.78, 5) is 13.1. The van der Waals surface area contributed by atoms with Crippen LogP contribution in [-0.4, -0.2) is 57.1 Å². The lowest BCUT2D eigenvalue weighted by Crippen LogP contribution is -2.48. The van der Waals surface area contributed by atoms with Crippen LogP contribution in [0.5, 0.6) is 5.75 Å². The number of anilines is 1. The first-order chi connectivity index (χ1) is 12.4. The molecule has 138 valence electrons. The molecule has 0 amide bonds. The number of carboxylic acids is 1. The van der Waals surface area contributed by atoms with Crippen LogP contribution in [0.3, 0.4) is 0 Å². The summed E-state index contributed by atoms with van der Waals surface area (Å²) >= 11 is 0. The zero-order valence-corrected chi connectivity index (χ0v) is 15.1. The maximum Gasteiger partial charge on any atom is 0.335 e. The number of rotatable bonds is 5. The molecule has 0 atom stereocenters. The first kappa shape index (κ1) is 18.2. The van der Waals surface area contributed by atoms with Crippen LogP contribution in [0.4, 0.5) is 5.69 Å². The number of piperazine rings is 1. The number of hydrogen-bond donors (Lipinski definition) is 1. The van der Waals surface area contributed by atoms with Gasteiger partial charge < -0.3 is 14.7 Å². The molecule has 0 aromatic heterocycles. The highest BCUT2D eigenvalue weighted by atomic mass is 32.2. The molecule has 1 saturated heterocycles. The normalized spacial score (nSPS) is 15.7. The molecule has 1 N–H and O–H groups in total. The minimum Gasteiger partial charge on any atom is -0.495 e. The van der Waals surface area contributed by atoms with Crippen molar-refractivity contribution in [3.05, 3.63) is 54.1 Å². The van der Waals surface area contributed by atoms with Gasteiger partial charge in [0.05, 0.1) is 23.3 Å². The van der Waals surface area contributed by atoms with Crippen LogP contribution in [0.1, 0.15) is 10.4 Å². The standard InChI is InChI=1S/C18H20N2O5S/c1-25-17-5-3-2-4-16(17)19-10-12-20(13-11-19)26(23,24)15-8-6-14(7-9-15)18(21)22/h2-9H,10-13H2,1H3,(H,21,22). The van der Waals surface area contributed by atoms with Crippen molar-refractivity contribution >= 4 is 21.7 Å². The quantitative estimate of drug-likeness (QED) is 0.858. The molecule has 0 bridgehead atoms. The summed E-state index contributed by atoms with van der Waals surface area (Å²) in [6, 6.07) is 12.9. The monoisotopic (exact) mass is 376 g/mol. The minimum atomic E-state index is -3.64. The number of carbonyl (C=O) groups is 1. The molecule has 0 aliphatic carbocycles. The molecular formula is C18H20N2O5S. The molecule has 1 aliphatic heterocycles. The van der Waals surface area contributed by atoms with Crippen molar-refractivity contribution < 1.29 is 23.1 Å². The van der Waals surface area contributed by atoms with Gasteiger partial charge in [0, 0.05) is 26.2 Å². The zero-order chi connectivity index (χ0) is 18.7. The minimum absolute atomic E-state index is 0.0601. The lowest BCUT2D eigenvalue weighted by atomic mass is 10.2. The van der Waals surface area contributed by atoms with Gasteiger partial charge in [-0.05, 0) is 36.4 Å². The number of ether oxygens (including phenoxy) is 1. The third-order valence-corrected chi connectivity index (χ3v) is 6.32. The second-order valence-electron chi connectivity index (χ2n) is 5.89. The Morgan fingerprint density at radius 2 is 1.62 bits per heavy atom. The Labute approximate surface area is 152 Å². The predicted octanol–water partition coefficient (Wildman–Crippen LogP) is 1.90. The topological polar surface area (TPSA) is 87.2 Å². The highest BCUT2D eigenvalue weighted by Crippen LogP contribution is 2.29. The third kappa shape index (κ3) is 3.51. The van der Waals surface area contributed by atoms with E-state index in [4.69, 9.17) is 9.84 Å². The van der Waals surface area contributed by atoms with Gasteiger partial charge in [-0.2, -0.15) is 4.31 Å². The molecule has 26 heavy (non-hydrogen) atoms. The van der Waals surface area contributed by atoms with Gasteiger partial charge in [0.2, 0.25) is 10.0 Å². The summed E-state index contributed by atoms with van der Waals surface area (Å²) in [5.41, 5.74) is 1.00. The second-order valence-corrected chi connectivity index (χ2v) is 7.83. The fraction of sp³-hybridized carbons (Fsp3) is 0.278. The third-order valence-electron chi connectivity index (χ3n) is 4.40. The Bertz CT molecular complexity index is 888. The van der Waals surface area contributed by atoms with E-state index in [1.165, 1.54) is 28.6 Å². The average molecular weight is 376 g/mol. The number of para-hydroxylation sites is 2. The van der Waals surface area contributed by atoms with Gasteiger partial charge in [-0.15, -0.1) is 0 Å². The van der Waals surface area contributed by atoms with E-state index < -0.39 is 16.0 Å². The van der Waals surface area contributed by atoms with Gasteiger partial charge in [0.1, 0.15) is 5.75 Å². The Kier molecular flexibility index (Phi) is 5.15. The Morgan fingerprint density at radius 1 is 1.00 bits per heavy atom. The molecule has 2 aromatic rings. The van der Waals surface area contributed by atoms with E-state index >= 15 is 0 Å². The number of nitrogens with zero attached hydrogens (tertiary/aromatic N) is 2. The first-order valence-corrected chi connectivity index (χ1v) is 9.59. The van der Waals surface area contributed by atoms with Gasteiger partial charge in [-0.1, -0.05) is 12.1 Å². The summed E-state index contributed by atoms with van der Waals surface area (Å²) in [6.45, 7) is 1.79. The van der Waals surface area contributed by atoms with Gasteiger partial charge in [0.15, 0.2) is 0 Å². The van der Waals surface area contributed by atoms with Crippen LogP contribution in [0, 0.1) is 0 Å². The molecule has 7 nitrogen and oxygen atoms in total. The lowest BCUT2D eigenvalue weighted by Gasteiger charge is -2.35. The van der Waals surface area contributed by atoms with Crippen molar-refractivity contribution in [3.8, 4) is 5.75 Å². The molecule has 3 rings (SSSR count). The summed E-state index contributed by atoms with van der Waals surface area (Å²) in [5.74, 6) is -0.326. The zero-order valence-electron chi connectivity index (χ0n) is 14.3. The second kappa shape index (κ2) is 7.35. The largest absolute Gasteiger partial charge is 0.495 e. The predicted molar refractivity (Wildman–Crippen MR) is 97.4 cm³/mol. The molecule has 1 aliphatic rings. The summed E-state index contributed by atoms with van der Waals surface area (Å²) in [7, 11) is -2.03. The first-order valence-electron chi connectivity index (χ1n) is 8.15. The molecule has 0 unspecified atom stereocenters. The smallest absolute Gasteiger partial charge is 0.335 e. The molecule has 0 radical (unpaired) electrons. The highest BCUT2D eigenvalue weighted by Gasteiger charge is 2.29. The molecule has 2 aromatic carbocycles. The highest BCUT2D eigenvalue weighted by molar-refractivity contribution is 7.89. The average Bonchev–Trinajstić information content (AvgIpc) is 2.68. The van der Waals surface area contributed by atoms with Crippen LogP contribution in [0.15, 0.2) is 53.4 Å². The van der Waals surface area contributed by atoms with Crippen molar-refractivity contribution in [3.63, 3.8) is 0 Å². The summed E-state index contributed by atoms with van der Waals surface area (Å²) in [5, 5.41) is 8.93. The van der Waals surface area contributed by atoms with Crippen molar-refractivity contribution in [1.29, 1.82) is 0 Å². The summed E-state index contributed by atoms with van der Waals surface area (Å²) < 4.78 is 32.3. The number of carboxylic acid groups (broad SMARTS) is 1. The van der Waals surface area contributed by atoms with Crippen LogP contribution in [0.2, 0.25) is 0 Å². The van der Waals surface area contributed by atoms with E-state index in [-0.39, 0.29) is 10.5 Å². The van der Waals surface area contributed by atoms with Gasteiger partial charge >= 0.3 is 5.97 Å². The lowest BCUT2D eigenvalue weighted by molar-refractivity contribution is 0.0696. The maximum absolute atomic E-state index is 12.8. The van der Waals surface area contributed by atoms with Crippen LogP contribution < -0.4 is 9.64 Å². The van der Waals surface area contributed by atoms with Gasteiger partial charge in [0.25, 0.3) is 0 Å². The van der Waals surface area contributed by atoms with Crippen LogP contribution >= 0.6 is 0 Å². The number of hydrogen-bond acceptors (Lipinski definition) is 5. The number of aromatic carboxylic acids is 1. The number of methoxy groups -OCH3 is 1. The van der Waals surface area contributed by atoms with Crippen molar-refractivity contribution in [2.45, 2.75) is 4.90 Å². The fourth-order valence-corrected chi connectivity index (χ4v) is 4.40.